The van der Waals surface area contributed by atoms with Crippen LogP contribution in [-0.2, 0) is 46.4 Å². The molecule has 99 heavy (non-hydrogen) atoms. The monoisotopic (exact) mass is 1360 g/mol. The predicted molar refractivity (Wildman–Crippen MR) is 424 cm³/mol. The molecule has 0 radical (unpaired) electrons. The molecule has 528 valence electrons. The molecule has 1 N–H and O–H groups in total. The summed E-state index contributed by atoms with van der Waals surface area (Å²) in [7, 11) is 4.50. The Morgan fingerprint density at radius 2 is 0.859 bits per heavy atom. The van der Waals surface area contributed by atoms with Crippen LogP contribution in [0.5, 0.6) is 0 Å². The van der Waals surface area contributed by atoms with E-state index in [1.54, 1.807) is 14.2 Å². The second-order valence-corrected chi connectivity index (χ2v) is 27.5. The van der Waals surface area contributed by atoms with E-state index in [0.717, 1.165) is 70.4 Å². The molecule has 1 aliphatic carbocycles. The maximum Gasteiger partial charge on any atom is 1.00 e. The van der Waals surface area contributed by atoms with Crippen molar-refractivity contribution in [3.05, 3.63) is 305 Å². The van der Waals surface area contributed by atoms with Gasteiger partial charge in [0.25, 0.3) is 0 Å². The van der Waals surface area contributed by atoms with Crippen LogP contribution in [0.3, 0.4) is 0 Å². The summed E-state index contributed by atoms with van der Waals surface area (Å²) in [4.78, 5) is 0. The summed E-state index contributed by atoms with van der Waals surface area (Å²) in [5.41, 5.74) is 16.1. The molecule has 0 saturated carbocycles. The average molecular weight is 1360 g/mol. The second-order valence-electron chi connectivity index (χ2n) is 27.5. The molecule has 7 aromatic rings. The van der Waals surface area contributed by atoms with E-state index in [1.165, 1.54) is 94.2 Å². The maximum absolute atomic E-state index is 7.00. The number of aliphatic hydroxyl groups is 1. The Labute approximate surface area is 660 Å². The third-order valence-electron chi connectivity index (χ3n) is 19.5. The van der Waals surface area contributed by atoms with Gasteiger partial charge in [0.05, 0.1) is 11.2 Å². The molecule has 5 nitrogen and oxygen atoms in total. The number of ether oxygens (including phenoxy) is 4. The van der Waals surface area contributed by atoms with Gasteiger partial charge >= 0.3 is 70.2 Å². The number of hydrogen-bond acceptors (Lipinski definition) is 5. The van der Waals surface area contributed by atoms with E-state index in [1.807, 2.05) is 43.3 Å². The van der Waals surface area contributed by atoms with Crippen LogP contribution in [0.15, 0.2) is 249 Å². The van der Waals surface area contributed by atoms with Gasteiger partial charge in [-0.1, -0.05) is 295 Å². The molecule has 2 fully saturated rings. The molecular formula is C92H129KLiO5+. The zero-order valence-corrected chi connectivity index (χ0v) is 67.7. The van der Waals surface area contributed by atoms with Gasteiger partial charge in [-0.2, -0.15) is 0 Å². The Bertz CT molecular complexity index is 3270. The summed E-state index contributed by atoms with van der Waals surface area (Å²) < 4.78 is 20.9. The van der Waals surface area contributed by atoms with Crippen molar-refractivity contribution in [2.24, 2.45) is 0 Å². The van der Waals surface area contributed by atoms with Crippen molar-refractivity contribution in [2.75, 3.05) is 47.8 Å². The fourth-order valence-electron chi connectivity index (χ4n) is 11.9. The normalized spacial score (nSPS) is 15.4. The Hall–Kier alpha value is -4.86. The van der Waals surface area contributed by atoms with Crippen molar-refractivity contribution in [1.82, 2.24) is 0 Å². The summed E-state index contributed by atoms with van der Waals surface area (Å²) in [6, 6.07) is 70.8. The minimum atomic E-state index is -0.247. The first-order valence-corrected chi connectivity index (χ1v) is 35.4. The maximum atomic E-state index is 7.00. The second kappa shape index (κ2) is 51.3. The van der Waals surface area contributed by atoms with E-state index < -0.39 is 0 Å². The molecule has 2 aliphatic heterocycles. The summed E-state index contributed by atoms with van der Waals surface area (Å²) in [6.07, 6.45) is 24.6. The zero-order chi connectivity index (χ0) is 70.9. The third-order valence-corrected chi connectivity index (χ3v) is 19.5. The van der Waals surface area contributed by atoms with Crippen LogP contribution in [0.2, 0.25) is 0 Å². The van der Waals surface area contributed by atoms with Crippen molar-refractivity contribution < 1.29 is 94.3 Å². The summed E-state index contributed by atoms with van der Waals surface area (Å²) >= 11 is 0. The van der Waals surface area contributed by atoms with Gasteiger partial charge in [0.1, 0.15) is 0 Å². The van der Waals surface area contributed by atoms with Gasteiger partial charge in [-0.15, -0.1) is 41.9 Å². The molecular weight excluding hydrogens is 1230 g/mol. The van der Waals surface area contributed by atoms with Crippen molar-refractivity contribution in [1.29, 1.82) is 0 Å². The van der Waals surface area contributed by atoms with Crippen LogP contribution in [0.4, 0.5) is 0 Å². The fraction of sp³-hybridized carbons (Fsp3) is 0.424. The Balaban J connectivity index is 0.00000118. The standard InChI is InChI=1S/C23H32O.C19H24.C19H23.C12H16O.C9H10.2C4H8O.CH4O.CH4.K.Li/c1-7-23(5,20-13-9-8-10-14-20)17-18(2)19-12-11-15-21(16-19)22(3,4)24-6;2*1-4-19(3,18-13-9-6-10-14-18)15-16(2)17-11-7-5-8-12-17;1-5-10-7-6-8-11(9-10)12(2,3)13-4;1-8(2)9-6-4-3-5-7-9;2*1-2-4-5-3-1;1-2;;;/h8-16,18H,7,17H2,1-6H3;5-14,16H,4,15H2,1-3H3;5-14H,4,15H2,1-3H3;5-9H,1H2,2-4H3;3-7H,1H2,2H3;2*1-4H2;2H,1H3;1H4;;/q;;-1;;;;;;;2*+1. The SMILES string of the molecule is C.C1CCOC1.C1CCOC1.C=C(C)c1ccccc1.C=Cc1cccc(C(C)(C)OC)c1.CCC(C)(CC(C)=C1C=CC=C[CH-]1)c1ccccc1.CCC(C)(CC(C)c1cccc(C(C)(C)OC)c1)c1ccccc1.CCC(C)(CC(C)c1ccccc1)c1ccccc1.CO.[K+].[Li+]. The van der Waals surface area contributed by atoms with Gasteiger partial charge < -0.3 is 24.1 Å². The van der Waals surface area contributed by atoms with Gasteiger partial charge in [0.2, 0.25) is 0 Å². The number of aliphatic hydroxyl groups excluding tert-OH is 1. The van der Waals surface area contributed by atoms with Crippen LogP contribution < -0.4 is 70.2 Å². The molecule has 2 saturated heterocycles. The summed E-state index contributed by atoms with van der Waals surface area (Å²) in [5.74, 6) is 1.09. The average Bonchev–Trinajstić information content (AvgIpc) is 0.971. The first kappa shape index (κ1) is 94.1. The van der Waals surface area contributed by atoms with Gasteiger partial charge in [0.15, 0.2) is 0 Å². The molecule has 7 heteroatoms. The first-order valence-electron chi connectivity index (χ1n) is 35.4. The molecule has 0 spiro atoms. The number of benzene rings is 7. The molecule has 7 aromatic carbocycles. The molecule has 0 amide bonds. The van der Waals surface area contributed by atoms with Crippen molar-refractivity contribution in [3.63, 3.8) is 0 Å². The van der Waals surface area contributed by atoms with E-state index >= 15 is 0 Å². The Morgan fingerprint density at radius 3 is 1.20 bits per heavy atom. The van der Waals surface area contributed by atoms with Gasteiger partial charge in [0, 0.05) is 47.8 Å². The summed E-state index contributed by atoms with van der Waals surface area (Å²) in [6.45, 7) is 42.9. The van der Waals surface area contributed by atoms with E-state index in [-0.39, 0.29) is 105 Å². The van der Waals surface area contributed by atoms with Gasteiger partial charge in [-0.25, -0.2) is 0 Å². The van der Waals surface area contributed by atoms with Crippen molar-refractivity contribution in [2.45, 2.75) is 208 Å². The smallest absolute Gasteiger partial charge is 0.400 e. The Morgan fingerprint density at radius 1 is 0.505 bits per heavy atom. The molecule has 0 bridgehead atoms. The number of hydrogen-bond donors (Lipinski definition) is 1. The van der Waals surface area contributed by atoms with Gasteiger partial charge in [-0.3, -0.25) is 0 Å². The molecule has 10 rings (SSSR count). The predicted octanol–water partition coefficient (Wildman–Crippen LogP) is 19.1. The van der Waals surface area contributed by atoms with E-state index in [0.29, 0.717) is 11.8 Å². The molecule has 0 aromatic heterocycles. The number of methoxy groups -OCH3 is 2. The minimum absolute atomic E-state index is 0. The van der Waals surface area contributed by atoms with E-state index in [2.05, 4.69) is 304 Å². The minimum Gasteiger partial charge on any atom is -0.400 e. The molecule has 2 heterocycles. The number of rotatable bonds is 20. The van der Waals surface area contributed by atoms with Crippen molar-refractivity contribution in [3.8, 4) is 0 Å². The summed E-state index contributed by atoms with van der Waals surface area (Å²) in [5, 5.41) is 7.00. The van der Waals surface area contributed by atoms with Crippen LogP contribution >= 0.6 is 0 Å². The van der Waals surface area contributed by atoms with Crippen LogP contribution in [0.1, 0.15) is 230 Å². The van der Waals surface area contributed by atoms with Crippen molar-refractivity contribution >= 4 is 11.6 Å². The van der Waals surface area contributed by atoms with Crippen LogP contribution in [-0.4, -0.2) is 52.9 Å². The first-order chi connectivity index (χ1) is 46.0. The quantitative estimate of drug-likeness (QED) is 0.0609. The number of allylic oxidation sites excluding steroid dienone is 7. The van der Waals surface area contributed by atoms with E-state index in [9.17, 15) is 0 Å². The van der Waals surface area contributed by atoms with E-state index in [4.69, 9.17) is 24.1 Å². The molecule has 3 aliphatic rings. The largest absolute Gasteiger partial charge is 1.00 e. The Kier molecular flexibility index (Phi) is 48.8. The topological polar surface area (TPSA) is 57.2 Å². The van der Waals surface area contributed by atoms with Crippen LogP contribution in [0.25, 0.3) is 11.6 Å². The zero-order valence-electron chi connectivity index (χ0n) is 64.6. The van der Waals surface area contributed by atoms with Crippen LogP contribution in [0, 0.1) is 6.42 Å². The van der Waals surface area contributed by atoms with Gasteiger partial charge in [-0.05, 0) is 177 Å². The molecule has 5 atom stereocenters. The third kappa shape index (κ3) is 33.9. The fourth-order valence-corrected chi connectivity index (χ4v) is 11.9. The molecule has 5 unspecified atom stereocenters.